The van der Waals surface area contributed by atoms with Crippen LogP contribution >= 0.6 is 0 Å². The minimum Gasteiger partial charge on any atom is 0 e. The van der Waals surface area contributed by atoms with Crippen LogP contribution in [0.1, 0.15) is 24.0 Å². The summed E-state index contributed by atoms with van der Waals surface area (Å²) in [6, 6.07) is 20.2. The molecule has 2 aromatic rings. The van der Waals surface area contributed by atoms with Crippen LogP contribution in [0.3, 0.4) is 0 Å². The molecule has 0 N–H and O–H groups in total. The Hall–Kier alpha value is -4.22. The monoisotopic (exact) mass is 1000 g/mol. The van der Waals surface area contributed by atoms with Crippen molar-refractivity contribution in [3.8, 4) is 23.7 Å². The molecule has 0 aromatic heterocycles. The molecule has 0 unspecified atom stereocenters. The van der Waals surface area contributed by atoms with Crippen molar-refractivity contribution in [1.82, 2.24) is 0 Å². The minimum atomic E-state index is -6.00. The van der Waals surface area contributed by atoms with Gasteiger partial charge in [-0.25, -0.2) is 0 Å². The quantitative estimate of drug-likeness (QED) is 0.0809. The number of hydrogen-bond donors (Lipinski definition) is 0. The molecule has 58 heavy (non-hydrogen) atoms. The topological polar surface area (TPSA) is 239 Å². The summed E-state index contributed by atoms with van der Waals surface area (Å²) in [5, 5.41) is 0. The first-order valence-electron chi connectivity index (χ1n) is 10.9. The van der Waals surface area contributed by atoms with E-state index in [1.165, 1.54) is 0 Å². The number of hydrogen-bond acceptors (Lipinski definition) is 0. The van der Waals surface area contributed by atoms with E-state index in [1.54, 1.807) is 0 Å². The van der Waals surface area contributed by atoms with Gasteiger partial charge in [0, 0.05) is 115 Å². The van der Waals surface area contributed by atoms with Crippen LogP contribution in [-0.2, 0) is 123 Å². The molecule has 2 aromatic carbocycles. The van der Waals surface area contributed by atoms with Crippen LogP contribution < -0.4 is 0 Å². The molecule has 0 bridgehead atoms. The molecule has 12 nitrogen and oxygen atoms in total. The summed E-state index contributed by atoms with van der Waals surface area (Å²) < 4.78 is 168. The Labute approximate surface area is 371 Å². The smallest absolute Gasteiger partial charge is 0 e. The summed E-state index contributed by atoms with van der Waals surface area (Å²) in [5.74, 6) is 12.3. The standard InChI is InChI=1S/C20H16.12CO.2BF4.4Co/c1(3-7-13-19-15-9-5-10-16-19)2-4-8-14-20-17-11-6-12-18-20;12*1-2;2*2-1(3,4)5;;;;/h5-6,9-18H,1-2H2;;;;;;;;;;;;;;;;;;/q+2;;;;;;;;;;;;;2*-1;;;;. The molecule has 0 aliphatic rings. The van der Waals surface area contributed by atoms with E-state index in [0.717, 1.165) is 24.0 Å². The number of halogens is 8. The van der Waals surface area contributed by atoms with Crippen molar-refractivity contribution in [2.24, 2.45) is 0 Å². The second-order valence-electron chi connectivity index (χ2n) is 5.24. The van der Waals surface area contributed by atoms with Crippen molar-refractivity contribution >= 4 is 14.5 Å². The molecular weight excluding hydrogens is 986 g/mol. The molecule has 0 aliphatic carbocycles. The summed E-state index contributed by atoms with van der Waals surface area (Å²) in [5.41, 5.74) is 2.28. The Bertz CT molecular complexity index is 1180. The zero-order chi connectivity index (χ0) is 46.9. The summed E-state index contributed by atoms with van der Waals surface area (Å²) in [4.78, 5) is 0. The number of rotatable bonds is 3. The van der Waals surface area contributed by atoms with E-state index in [9.17, 15) is 34.5 Å². The average Bonchev–Trinajstić information content (AvgIpc) is 3.24. The maximum Gasteiger partial charge on any atom is 0 e. The first-order valence-corrected chi connectivity index (χ1v) is 10.9. The van der Waals surface area contributed by atoms with E-state index in [1.807, 2.05) is 73.5 Å². The predicted octanol–water partition coefficient (Wildman–Crippen LogP) is 6.42. The fraction of sp³-hybridized carbons (Fsp3) is 0.0625. The van der Waals surface area contributed by atoms with Gasteiger partial charge in [-0.05, 0) is 36.4 Å². The van der Waals surface area contributed by atoms with Crippen molar-refractivity contribution in [3.05, 3.63) is 164 Å². The summed E-state index contributed by atoms with van der Waals surface area (Å²) in [7, 11) is -12.0. The zero-order valence-corrected chi connectivity index (χ0v) is 31.9. The third-order valence-electron chi connectivity index (χ3n) is 2.66. The second-order valence-corrected chi connectivity index (χ2v) is 5.24. The maximum absolute atomic E-state index is 9.75. The SMILES string of the molecule is C(#CCCC#C[CH+]c1ccccc1)[CH+]c1ccccc1.F[B-](F)(F)F.F[B-](F)(F)F.[C-]#[O+].[C-]#[O+].[C-]#[O+].[C-]#[O+].[C-]#[O+].[C-]#[O+].[C-]#[O+].[C-]#[O+].[C-]#[O+].[C-]#[O+].[C-]#[O+].[C-]#[O+].[Co].[Co].[Co].[Co]. The fourth-order valence-electron chi connectivity index (χ4n) is 1.64. The van der Waals surface area contributed by atoms with Crippen LogP contribution in [-0.4, -0.2) is 14.5 Å². The molecule has 26 heteroatoms. The van der Waals surface area contributed by atoms with Crippen LogP contribution in [0.5, 0.6) is 0 Å². The first-order chi connectivity index (χ1) is 25.9. The zero-order valence-electron chi connectivity index (χ0n) is 27.8. The fourth-order valence-corrected chi connectivity index (χ4v) is 1.64. The molecule has 2 rings (SSSR count). The Morgan fingerprint density at radius 2 is 0.483 bits per heavy atom. The normalized spacial score (nSPS) is 5.45. The summed E-state index contributed by atoms with van der Waals surface area (Å²) in [6.07, 6.45) is 5.48. The molecule has 0 saturated carbocycles. The van der Waals surface area contributed by atoms with Gasteiger partial charge in [-0.15, -0.1) is 0 Å². The molecule has 0 atom stereocenters. The van der Waals surface area contributed by atoms with Crippen molar-refractivity contribution in [2.75, 3.05) is 0 Å². The Morgan fingerprint density at radius 1 is 0.345 bits per heavy atom. The van der Waals surface area contributed by atoms with E-state index < -0.39 is 14.5 Å². The summed E-state index contributed by atoms with van der Waals surface area (Å²) >= 11 is 0. The van der Waals surface area contributed by atoms with E-state index >= 15 is 0 Å². The van der Waals surface area contributed by atoms with Crippen LogP contribution in [0, 0.1) is 116 Å². The van der Waals surface area contributed by atoms with Gasteiger partial charge in [0.05, 0.1) is 25.7 Å². The van der Waals surface area contributed by atoms with E-state index in [4.69, 9.17) is 55.8 Å². The van der Waals surface area contributed by atoms with Crippen LogP contribution in [0.4, 0.5) is 34.5 Å². The molecule has 0 fully saturated rings. The van der Waals surface area contributed by atoms with Gasteiger partial charge in [-0.3, -0.25) is 0 Å². The Morgan fingerprint density at radius 3 is 0.621 bits per heavy atom. The average molecular weight is 1000 g/mol. The van der Waals surface area contributed by atoms with Gasteiger partial charge in [-0.1, -0.05) is 0 Å². The van der Waals surface area contributed by atoms with E-state index in [2.05, 4.69) is 103 Å². The molecule has 4 radical (unpaired) electrons. The van der Waals surface area contributed by atoms with Gasteiger partial charge >= 0.3 is 150 Å². The number of unbranched alkanes of at least 4 members (excludes halogenated alkanes) is 1. The van der Waals surface area contributed by atoms with E-state index in [-0.39, 0.29) is 67.1 Å². The van der Waals surface area contributed by atoms with Crippen molar-refractivity contribution in [2.45, 2.75) is 12.8 Å². The molecular formula is C32H16B2Co4F8O12. The largest absolute Gasteiger partial charge is 0 e. The predicted molar refractivity (Wildman–Crippen MR) is 152 cm³/mol. The van der Waals surface area contributed by atoms with Gasteiger partial charge < -0.3 is 34.5 Å². The third kappa shape index (κ3) is 257. The van der Waals surface area contributed by atoms with Gasteiger partial charge in [0.2, 0.25) is 0 Å². The molecule has 314 valence electrons. The summed E-state index contributed by atoms with van der Waals surface area (Å²) in [6.45, 7) is 54.0. The molecule has 0 aliphatic heterocycles. The van der Waals surface area contributed by atoms with Gasteiger partial charge in [0.25, 0.3) is 0 Å². The second kappa shape index (κ2) is 140. The first kappa shape index (κ1) is 111. The van der Waals surface area contributed by atoms with Crippen LogP contribution in [0.15, 0.2) is 60.7 Å². The van der Waals surface area contributed by atoms with Gasteiger partial charge in [-0.2, -0.15) is 0 Å². The molecule has 0 amide bonds. The van der Waals surface area contributed by atoms with Crippen molar-refractivity contribution in [1.29, 1.82) is 0 Å². The van der Waals surface area contributed by atoms with Crippen LogP contribution in [0.2, 0.25) is 0 Å². The van der Waals surface area contributed by atoms with E-state index in [0.29, 0.717) is 0 Å². The van der Waals surface area contributed by atoms with Crippen molar-refractivity contribution in [3.63, 3.8) is 0 Å². The molecule has 0 saturated heterocycles. The number of benzene rings is 2. The van der Waals surface area contributed by atoms with Crippen LogP contribution in [0.25, 0.3) is 0 Å². The maximum atomic E-state index is 9.75. The Balaban J connectivity index is -0.0000000251. The molecule has 0 heterocycles. The Kier molecular flexibility index (Phi) is 268. The van der Waals surface area contributed by atoms with Crippen molar-refractivity contribution < 1.29 is 157 Å². The minimum absolute atomic E-state index is 0. The third-order valence-corrected chi connectivity index (χ3v) is 2.66. The van der Waals surface area contributed by atoms with Gasteiger partial charge in [0.1, 0.15) is 11.1 Å². The molecule has 0 spiro atoms. The van der Waals surface area contributed by atoms with Gasteiger partial charge in [0.15, 0.2) is 0 Å².